The first kappa shape index (κ1) is 16.4. The molecule has 0 saturated heterocycles. The van der Waals surface area contributed by atoms with Crippen LogP contribution in [0.2, 0.25) is 0 Å². The Morgan fingerprint density at radius 3 is 2.47 bits per heavy atom. The summed E-state index contributed by atoms with van der Waals surface area (Å²) in [7, 11) is -2.69. The minimum absolute atomic E-state index is 0.0938. The van der Waals surface area contributed by atoms with Gasteiger partial charge in [0.05, 0.1) is 0 Å². The molecule has 5 nitrogen and oxygen atoms in total. The zero-order valence-electron chi connectivity index (χ0n) is 11.7. The van der Waals surface area contributed by atoms with Gasteiger partial charge < -0.3 is 10.8 Å². The van der Waals surface area contributed by atoms with E-state index in [9.17, 15) is 9.00 Å². The summed E-state index contributed by atoms with van der Waals surface area (Å²) < 4.78 is 20.0. The van der Waals surface area contributed by atoms with E-state index in [1.54, 1.807) is 0 Å². The van der Waals surface area contributed by atoms with Crippen LogP contribution in [-0.2, 0) is 14.5 Å². The lowest BCUT2D eigenvalue weighted by atomic mass is 9.74. The maximum atomic E-state index is 12.1. The summed E-state index contributed by atoms with van der Waals surface area (Å²) in [6.45, 7) is 2.21. The van der Waals surface area contributed by atoms with Gasteiger partial charge in [0.2, 0.25) is 0 Å². The maximum absolute atomic E-state index is 12.1. The second-order valence-corrected chi connectivity index (χ2v) is 8.51. The van der Waals surface area contributed by atoms with Crippen molar-refractivity contribution in [3.05, 3.63) is 0 Å². The molecule has 112 valence electrons. The Morgan fingerprint density at radius 2 is 1.95 bits per heavy atom. The van der Waals surface area contributed by atoms with E-state index in [0.29, 0.717) is 5.75 Å². The molecule has 19 heavy (non-hydrogen) atoms. The van der Waals surface area contributed by atoms with Gasteiger partial charge in [-0.25, -0.2) is 4.21 Å². The number of carboxylic acid groups (broad SMARTS) is 1. The lowest BCUT2D eigenvalue weighted by Crippen LogP contribution is -2.33. The fraction of sp³-hybridized carbons (Fsp3) is 0.923. The monoisotopic (exact) mass is 290 g/mol. The van der Waals surface area contributed by atoms with E-state index in [1.807, 2.05) is 0 Å². The first-order valence-corrected chi connectivity index (χ1v) is 8.86. The van der Waals surface area contributed by atoms with Gasteiger partial charge in [0.1, 0.15) is 6.04 Å². The molecule has 2 atom stereocenters. The number of carboxylic acids is 1. The van der Waals surface area contributed by atoms with E-state index in [0.717, 1.165) is 19.3 Å². The summed E-state index contributed by atoms with van der Waals surface area (Å²) in [4.78, 5) is 10.6. The molecular weight excluding hydrogens is 264 g/mol. The second-order valence-electron chi connectivity index (χ2n) is 6.07. The standard InChI is InChI=1S/C13H26N2O3S/c1-13(6-3-2-4-7-13)8-10-19(15,18)9-5-11(14)12(16)17/h11,15H,2-10,14H2,1H3,(H,16,17). The molecular formula is C13H26N2O3S. The molecule has 6 heteroatoms. The van der Waals surface area contributed by atoms with Crippen molar-refractivity contribution in [2.45, 2.75) is 57.9 Å². The van der Waals surface area contributed by atoms with Crippen LogP contribution >= 0.6 is 0 Å². The summed E-state index contributed by atoms with van der Waals surface area (Å²) in [6.07, 6.45) is 6.94. The highest BCUT2D eigenvalue weighted by atomic mass is 32.2. The number of rotatable bonds is 7. The summed E-state index contributed by atoms with van der Waals surface area (Å²) in [5.41, 5.74) is 5.60. The molecule has 1 aliphatic rings. The summed E-state index contributed by atoms with van der Waals surface area (Å²) in [6, 6.07) is -1.00. The van der Waals surface area contributed by atoms with Crippen molar-refractivity contribution < 1.29 is 14.1 Å². The second kappa shape index (κ2) is 6.70. The van der Waals surface area contributed by atoms with E-state index in [2.05, 4.69) is 6.92 Å². The SMILES string of the molecule is CC1(CCS(=N)(=O)CCC(N)C(=O)O)CCCCC1. The van der Waals surface area contributed by atoms with Crippen LogP contribution in [0.5, 0.6) is 0 Å². The molecule has 0 radical (unpaired) electrons. The van der Waals surface area contributed by atoms with Crippen LogP contribution in [0.1, 0.15) is 51.9 Å². The van der Waals surface area contributed by atoms with Gasteiger partial charge in [-0.05, 0) is 31.1 Å². The van der Waals surface area contributed by atoms with Crippen molar-refractivity contribution in [3.8, 4) is 0 Å². The molecule has 1 fully saturated rings. The Labute approximate surface area is 115 Å². The van der Waals surface area contributed by atoms with Crippen molar-refractivity contribution in [1.29, 1.82) is 4.78 Å². The highest BCUT2D eigenvalue weighted by Gasteiger charge is 2.28. The van der Waals surface area contributed by atoms with Gasteiger partial charge in [-0.15, -0.1) is 0 Å². The highest BCUT2D eigenvalue weighted by Crippen LogP contribution is 2.38. The predicted octanol–water partition coefficient (Wildman–Crippen LogP) is 2.20. The molecule has 0 aromatic heterocycles. The van der Waals surface area contributed by atoms with Gasteiger partial charge in [-0.3, -0.25) is 9.57 Å². The van der Waals surface area contributed by atoms with E-state index in [-0.39, 0.29) is 17.6 Å². The zero-order chi connectivity index (χ0) is 14.5. The largest absolute Gasteiger partial charge is 0.480 e. The van der Waals surface area contributed by atoms with Gasteiger partial charge in [0.25, 0.3) is 0 Å². The molecule has 2 unspecified atom stereocenters. The fourth-order valence-corrected chi connectivity index (χ4v) is 4.27. The minimum Gasteiger partial charge on any atom is -0.480 e. The number of hydrogen-bond donors (Lipinski definition) is 3. The quantitative estimate of drug-likeness (QED) is 0.668. The summed E-state index contributed by atoms with van der Waals surface area (Å²) in [5, 5.41) is 8.67. The molecule has 0 aliphatic heterocycles. The third kappa shape index (κ3) is 5.91. The molecule has 0 bridgehead atoms. The zero-order valence-corrected chi connectivity index (χ0v) is 12.5. The van der Waals surface area contributed by atoms with Gasteiger partial charge in [-0.1, -0.05) is 26.2 Å². The lowest BCUT2D eigenvalue weighted by molar-refractivity contribution is -0.138. The van der Waals surface area contributed by atoms with E-state index >= 15 is 0 Å². The molecule has 0 amide bonds. The molecule has 1 saturated carbocycles. The van der Waals surface area contributed by atoms with Crippen LogP contribution in [0, 0.1) is 10.2 Å². The first-order valence-electron chi connectivity index (χ1n) is 6.97. The summed E-state index contributed by atoms with van der Waals surface area (Å²) in [5.74, 6) is -0.624. The number of nitrogens with one attached hydrogen (secondary N) is 1. The Hall–Kier alpha value is -0.620. The lowest BCUT2D eigenvalue weighted by Gasteiger charge is -2.33. The van der Waals surface area contributed by atoms with Crippen molar-refractivity contribution in [2.75, 3.05) is 11.5 Å². The van der Waals surface area contributed by atoms with Crippen LogP contribution < -0.4 is 5.73 Å². The Balaban J connectivity index is 2.40. The van der Waals surface area contributed by atoms with E-state index < -0.39 is 21.7 Å². The smallest absolute Gasteiger partial charge is 0.320 e. The molecule has 0 heterocycles. The van der Waals surface area contributed by atoms with Crippen molar-refractivity contribution in [2.24, 2.45) is 11.1 Å². The first-order chi connectivity index (χ1) is 8.74. The van der Waals surface area contributed by atoms with Gasteiger partial charge >= 0.3 is 5.97 Å². The van der Waals surface area contributed by atoms with Crippen LogP contribution in [0.15, 0.2) is 0 Å². The molecule has 0 spiro atoms. The third-order valence-corrected chi connectivity index (χ3v) is 5.93. The predicted molar refractivity (Wildman–Crippen MR) is 76.6 cm³/mol. The third-order valence-electron chi connectivity index (χ3n) is 4.17. The van der Waals surface area contributed by atoms with Crippen LogP contribution in [0.25, 0.3) is 0 Å². The minimum atomic E-state index is -2.69. The van der Waals surface area contributed by atoms with Gasteiger partial charge in [0.15, 0.2) is 0 Å². The Kier molecular flexibility index (Phi) is 5.80. The van der Waals surface area contributed by atoms with E-state index in [4.69, 9.17) is 15.6 Å². The summed E-state index contributed by atoms with van der Waals surface area (Å²) >= 11 is 0. The Morgan fingerprint density at radius 1 is 1.37 bits per heavy atom. The molecule has 0 aromatic carbocycles. The number of aliphatic carboxylic acids is 1. The number of nitrogens with two attached hydrogens (primary N) is 1. The van der Waals surface area contributed by atoms with Crippen molar-refractivity contribution in [1.82, 2.24) is 0 Å². The van der Waals surface area contributed by atoms with E-state index in [1.165, 1.54) is 19.3 Å². The fourth-order valence-electron chi connectivity index (χ4n) is 2.61. The van der Waals surface area contributed by atoms with Crippen molar-refractivity contribution in [3.63, 3.8) is 0 Å². The van der Waals surface area contributed by atoms with Crippen LogP contribution in [-0.4, -0.2) is 32.8 Å². The van der Waals surface area contributed by atoms with Crippen LogP contribution in [0.4, 0.5) is 0 Å². The molecule has 1 rings (SSSR count). The van der Waals surface area contributed by atoms with Gasteiger partial charge in [0, 0.05) is 21.2 Å². The molecule has 0 aromatic rings. The Bertz CT molecular complexity index is 400. The highest BCUT2D eigenvalue weighted by molar-refractivity contribution is 7.92. The normalized spacial score (nSPS) is 23.5. The maximum Gasteiger partial charge on any atom is 0.320 e. The molecule has 4 N–H and O–H groups in total. The topological polar surface area (TPSA) is 104 Å². The van der Waals surface area contributed by atoms with Crippen LogP contribution in [0.3, 0.4) is 0 Å². The average molecular weight is 290 g/mol. The van der Waals surface area contributed by atoms with Gasteiger partial charge in [-0.2, -0.15) is 0 Å². The average Bonchev–Trinajstić information content (AvgIpc) is 2.35. The number of carbonyl (C=O) groups is 1. The van der Waals surface area contributed by atoms with Crippen molar-refractivity contribution >= 4 is 15.7 Å². The molecule has 1 aliphatic carbocycles. The number of hydrogen-bond acceptors (Lipinski definition) is 4.